The fraction of sp³-hybridized carbons (Fsp3) is 0.500. The first-order valence-electron chi connectivity index (χ1n) is 7.67. The summed E-state index contributed by atoms with van der Waals surface area (Å²) in [7, 11) is 1.67. The summed E-state index contributed by atoms with van der Waals surface area (Å²) in [5.41, 5.74) is -0.672. The zero-order valence-corrected chi connectivity index (χ0v) is 13.4. The summed E-state index contributed by atoms with van der Waals surface area (Å²) in [6.45, 7) is 2.24. The summed E-state index contributed by atoms with van der Waals surface area (Å²) in [4.78, 5) is 29.0. The van der Waals surface area contributed by atoms with Crippen molar-refractivity contribution in [2.45, 2.75) is 31.7 Å². The van der Waals surface area contributed by atoms with E-state index in [1.54, 1.807) is 18.9 Å². The van der Waals surface area contributed by atoms with Gasteiger partial charge < -0.3 is 14.7 Å². The minimum Gasteiger partial charge on any atom is -0.342 e. The maximum absolute atomic E-state index is 13.1. The van der Waals surface area contributed by atoms with E-state index in [1.807, 2.05) is 0 Å². The summed E-state index contributed by atoms with van der Waals surface area (Å²) >= 11 is 0. The molecule has 0 saturated carbocycles. The van der Waals surface area contributed by atoms with E-state index in [9.17, 15) is 22.8 Å². The molecule has 0 bridgehead atoms. The van der Waals surface area contributed by atoms with Crippen molar-refractivity contribution in [2.24, 2.45) is 0 Å². The monoisotopic (exact) mass is 341 g/mol. The van der Waals surface area contributed by atoms with Crippen molar-refractivity contribution in [3.63, 3.8) is 0 Å². The van der Waals surface area contributed by atoms with Crippen molar-refractivity contribution >= 4 is 11.9 Å². The average Bonchev–Trinajstić information content (AvgIpc) is 2.80. The fourth-order valence-corrected chi connectivity index (χ4v) is 3.48. The highest BCUT2D eigenvalue weighted by atomic mass is 19.4. The smallest absolute Gasteiger partial charge is 0.342 e. The third kappa shape index (κ3) is 2.70. The second-order valence-electron chi connectivity index (χ2n) is 6.27. The number of fused-ring (bicyclic) bond motifs is 1. The van der Waals surface area contributed by atoms with E-state index in [0.717, 1.165) is 6.07 Å². The van der Waals surface area contributed by atoms with Gasteiger partial charge in [0.1, 0.15) is 6.04 Å². The lowest BCUT2D eigenvalue weighted by Gasteiger charge is -2.38. The first-order valence-corrected chi connectivity index (χ1v) is 7.67. The highest BCUT2D eigenvalue weighted by molar-refractivity contribution is 5.89. The SMILES string of the molecule is C[C@H]1C(=O)N(C)C[C@@H]2CN(Cc3ccccc3C(F)(F)F)C(=O)N21. The number of piperazine rings is 1. The molecule has 2 aliphatic heterocycles. The maximum Gasteiger partial charge on any atom is 0.416 e. The number of hydrogen-bond donors (Lipinski definition) is 0. The van der Waals surface area contributed by atoms with Gasteiger partial charge in [-0.25, -0.2) is 4.79 Å². The van der Waals surface area contributed by atoms with E-state index in [0.29, 0.717) is 13.1 Å². The Morgan fingerprint density at radius 1 is 1.17 bits per heavy atom. The van der Waals surface area contributed by atoms with Crippen LogP contribution >= 0.6 is 0 Å². The molecule has 8 heteroatoms. The molecule has 0 N–H and O–H groups in total. The molecule has 3 rings (SSSR count). The zero-order chi connectivity index (χ0) is 17.6. The molecule has 5 nitrogen and oxygen atoms in total. The normalized spacial score (nSPS) is 24.6. The fourth-order valence-electron chi connectivity index (χ4n) is 3.48. The molecule has 3 amide bonds. The van der Waals surface area contributed by atoms with Gasteiger partial charge in [0.15, 0.2) is 0 Å². The number of likely N-dealkylation sites (N-methyl/N-ethyl adjacent to an activating group) is 1. The van der Waals surface area contributed by atoms with Crippen LogP contribution in [0.2, 0.25) is 0 Å². The molecule has 24 heavy (non-hydrogen) atoms. The molecule has 1 aromatic rings. The molecule has 2 heterocycles. The number of amides is 3. The minimum absolute atomic E-state index is 0.0607. The second-order valence-corrected chi connectivity index (χ2v) is 6.27. The molecule has 0 radical (unpaired) electrons. The van der Waals surface area contributed by atoms with Crippen LogP contribution in [0, 0.1) is 0 Å². The standard InChI is InChI=1S/C16H18F3N3O2/c1-10-14(23)20(2)8-12-9-21(15(24)22(10)12)7-11-5-3-4-6-13(11)16(17,18)19/h3-6,10,12H,7-9H2,1-2H3/t10-,12+/m0/s1. The Morgan fingerprint density at radius 2 is 1.83 bits per heavy atom. The molecule has 2 fully saturated rings. The predicted molar refractivity (Wildman–Crippen MR) is 80.0 cm³/mol. The number of carbonyl (C=O) groups excluding carboxylic acids is 2. The summed E-state index contributed by atoms with van der Waals surface area (Å²) in [6, 6.07) is 4.09. The van der Waals surface area contributed by atoms with Crippen LogP contribution in [0.15, 0.2) is 24.3 Å². The lowest BCUT2D eigenvalue weighted by Crippen LogP contribution is -2.58. The summed E-state index contributed by atoms with van der Waals surface area (Å²) in [6.07, 6.45) is -4.46. The summed E-state index contributed by atoms with van der Waals surface area (Å²) in [5.74, 6) is -0.155. The second kappa shape index (κ2) is 5.68. The van der Waals surface area contributed by atoms with Gasteiger partial charge in [0.05, 0.1) is 11.6 Å². The molecule has 0 unspecified atom stereocenters. The molecular formula is C16H18F3N3O2. The Kier molecular flexibility index (Phi) is 3.93. The number of hydrogen-bond acceptors (Lipinski definition) is 2. The first kappa shape index (κ1) is 16.6. The molecule has 2 atom stereocenters. The maximum atomic E-state index is 13.1. The van der Waals surface area contributed by atoms with Crippen LogP contribution in [0.3, 0.4) is 0 Å². The molecular weight excluding hydrogens is 323 g/mol. The van der Waals surface area contributed by atoms with E-state index < -0.39 is 17.8 Å². The van der Waals surface area contributed by atoms with Crippen LogP contribution < -0.4 is 0 Å². The number of benzene rings is 1. The lowest BCUT2D eigenvalue weighted by molar-refractivity contribution is -0.139. The van der Waals surface area contributed by atoms with Crippen molar-refractivity contribution in [2.75, 3.05) is 20.1 Å². The Morgan fingerprint density at radius 3 is 2.50 bits per heavy atom. The molecule has 2 aliphatic rings. The molecule has 0 spiro atoms. The predicted octanol–water partition coefficient (Wildman–Crippen LogP) is 2.17. The van der Waals surface area contributed by atoms with E-state index in [4.69, 9.17) is 0 Å². The Hall–Kier alpha value is -2.25. The quantitative estimate of drug-likeness (QED) is 0.828. The number of nitrogens with zero attached hydrogens (tertiary/aromatic N) is 3. The van der Waals surface area contributed by atoms with Gasteiger partial charge in [-0.2, -0.15) is 13.2 Å². The average molecular weight is 341 g/mol. The van der Waals surface area contributed by atoms with Crippen LogP contribution in [0.5, 0.6) is 0 Å². The van der Waals surface area contributed by atoms with Crippen molar-refractivity contribution < 1.29 is 22.8 Å². The van der Waals surface area contributed by atoms with Crippen LogP contribution in [0.4, 0.5) is 18.0 Å². The van der Waals surface area contributed by atoms with Gasteiger partial charge in [-0.3, -0.25) is 4.79 Å². The van der Waals surface area contributed by atoms with E-state index >= 15 is 0 Å². The molecule has 2 saturated heterocycles. The van der Waals surface area contributed by atoms with E-state index in [2.05, 4.69) is 0 Å². The number of alkyl halides is 3. The summed E-state index contributed by atoms with van der Waals surface area (Å²) < 4.78 is 39.3. The van der Waals surface area contributed by atoms with Gasteiger partial charge >= 0.3 is 12.2 Å². The highest BCUT2D eigenvalue weighted by Crippen LogP contribution is 2.33. The molecule has 1 aromatic carbocycles. The van der Waals surface area contributed by atoms with Crippen molar-refractivity contribution in [1.82, 2.24) is 14.7 Å². The van der Waals surface area contributed by atoms with Crippen molar-refractivity contribution in [3.05, 3.63) is 35.4 Å². The number of urea groups is 1. The zero-order valence-electron chi connectivity index (χ0n) is 13.4. The van der Waals surface area contributed by atoms with Gasteiger partial charge in [-0.05, 0) is 18.6 Å². The number of carbonyl (C=O) groups is 2. The topological polar surface area (TPSA) is 43.9 Å². The Balaban J connectivity index is 1.84. The largest absolute Gasteiger partial charge is 0.416 e. The van der Waals surface area contributed by atoms with Crippen molar-refractivity contribution in [3.8, 4) is 0 Å². The lowest BCUT2D eigenvalue weighted by atomic mass is 10.1. The van der Waals surface area contributed by atoms with Gasteiger partial charge in [-0.1, -0.05) is 18.2 Å². The van der Waals surface area contributed by atoms with E-state index in [1.165, 1.54) is 28.0 Å². The minimum atomic E-state index is -4.46. The van der Waals surface area contributed by atoms with Crippen LogP contribution in [0.1, 0.15) is 18.1 Å². The van der Waals surface area contributed by atoms with E-state index in [-0.39, 0.29) is 30.1 Å². The highest BCUT2D eigenvalue weighted by Gasteiger charge is 2.47. The van der Waals surface area contributed by atoms with Crippen LogP contribution in [-0.2, 0) is 17.5 Å². The number of halogens is 3. The molecule has 130 valence electrons. The Labute approximate surface area is 137 Å². The molecule has 0 aliphatic carbocycles. The number of rotatable bonds is 2. The van der Waals surface area contributed by atoms with Crippen LogP contribution in [0.25, 0.3) is 0 Å². The Bertz CT molecular complexity index is 677. The first-order chi connectivity index (χ1) is 11.2. The third-order valence-electron chi connectivity index (χ3n) is 4.64. The van der Waals surface area contributed by atoms with Gasteiger partial charge in [0.25, 0.3) is 0 Å². The van der Waals surface area contributed by atoms with Crippen LogP contribution in [-0.4, -0.2) is 58.9 Å². The van der Waals surface area contributed by atoms with Gasteiger partial charge in [0.2, 0.25) is 5.91 Å². The van der Waals surface area contributed by atoms with Gasteiger partial charge in [0, 0.05) is 26.7 Å². The van der Waals surface area contributed by atoms with Gasteiger partial charge in [-0.15, -0.1) is 0 Å². The van der Waals surface area contributed by atoms with Crippen molar-refractivity contribution in [1.29, 1.82) is 0 Å². The third-order valence-corrected chi connectivity index (χ3v) is 4.64. The molecule has 0 aromatic heterocycles. The summed E-state index contributed by atoms with van der Waals surface area (Å²) in [5, 5.41) is 0.